The quantitative estimate of drug-likeness (QED) is 0.520. The summed E-state index contributed by atoms with van der Waals surface area (Å²) in [6, 6.07) is 12.0. The van der Waals surface area contributed by atoms with Gasteiger partial charge in [0.2, 0.25) is 0 Å². The van der Waals surface area contributed by atoms with Crippen LogP contribution in [0.5, 0.6) is 0 Å². The monoisotopic (exact) mass is 462 g/mol. The molecule has 9 heteroatoms. The van der Waals surface area contributed by atoms with Gasteiger partial charge < -0.3 is 10.6 Å². The average molecular weight is 464 g/mol. The fraction of sp³-hybridized carbons (Fsp3) is 0.105. The largest absolute Gasteiger partial charge is 0.351 e. The van der Waals surface area contributed by atoms with Gasteiger partial charge in [0.05, 0.1) is 5.52 Å². The van der Waals surface area contributed by atoms with Gasteiger partial charge in [0.25, 0.3) is 5.91 Å². The number of carbonyl (C=O) groups excluding carboxylic acids is 3. The molecule has 0 spiro atoms. The van der Waals surface area contributed by atoms with E-state index in [1.165, 1.54) is 11.7 Å². The van der Waals surface area contributed by atoms with Crippen molar-refractivity contribution in [2.45, 2.75) is 6.92 Å². The molecule has 3 N–H and O–H groups in total. The van der Waals surface area contributed by atoms with E-state index in [2.05, 4.69) is 32.0 Å². The second-order valence-corrected chi connectivity index (χ2v) is 7.35. The lowest BCUT2D eigenvalue weighted by molar-refractivity contribution is -0.136. The van der Waals surface area contributed by atoms with Crippen molar-refractivity contribution in [3.8, 4) is 0 Å². The van der Waals surface area contributed by atoms with Crippen molar-refractivity contribution in [2.75, 3.05) is 17.8 Å². The molecule has 0 fully saturated rings. The Morgan fingerprint density at radius 1 is 1.04 bits per heavy atom. The van der Waals surface area contributed by atoms with Gasteiger partial charge in [0.15, 0.2) is 0 Å². The average Bonchev–Trinajstić information content (AvgIpc) is 3.00. The first kappa shape index (κ1) is 19.9. The zero-order valence-corrected chi connectivity index (χ0v) is 17.3. The molecule has 0 saturated heterocycles. The van der Waals surface area contributed by atoms with Crippen LogP contribution in [0.4, 0.5) is 5.69 Å². The van der Waals surface area contributed by atoms with E-state index in [1.54, 1.807) is 30.3 Å². The Kier molecular flexibility index (Phi) is 5.71. The molecule has 3 amide bonds. The number of carbonyl (C=O) groups is 3. The standard InChI is InChI=1S/C19H16BrClN4O3/c1-10-7-12(20)3-5-14(10)23-17(26)16-9-11-8-13(21)4-6-15(11)25(16)24-19(28)18(27)22-2/h3-9H,1-2H3,(H,22,27)(H,23,26)(H,24,28). The minimum atomic E-state index is -0.899. The maximum atomic E-state index is 12.9. The van der Waals surface area contributed by atoms with Crippen molar-refractivity contribution in [2.24, 2.45) is 0 Å². The minimum absolute atomic E-state index is 0.150. The van der Waals surface area contributed by atoms with Gasteiger partial charge >= 0.3 is 11.8 Å². The highest BCUT2D eigenvalue weighted by molar-refractivity contribution is 9.10. The maximum Gasteiger partial charge on any atom is 0.328 e. The van der Waals surface area contributed by atoms with Crippen LogP contribution >= 0.6 is 27.5 Å². The van der Waals surface area contributed by atoms with Crippen LogP contribution in [0.1, 0.15) is 16.1 Å². The van der Waals surface area contributed by atoms with E-state index in [0.29, 0.717) is 21.6 Å². The molecule has 0 aliphatic heterocycles. The smallest absolute Gasteiger partial charge is 0.328 e. The Hall–Kier alpha value is -2.84. The zero-order valence-electron chi connectivity index (χ0n) is 15.0. The number of anilines is 1. The Morgan fingerprint density at radius 2 is 1.79 bits per heavy atom. The van der Waals surface area contributed by atoms with E-state index in [4.69, 9.17) is 11.6 Å². The van der Waals surface area contributed by atoms with Crippen molar-refractivity contribution in [3.63, 3.8) is 0 Å². The molecule has 3 aromatic rings. The van der Waals surface area contributed by atoms with E-state index in [0.717, 1.165) is 10.0 Å². The number of halogens is 2. The summed E-state index contributed by atoms with van der Waals surface area (Å²) in [5.41, 5.74) is 4.61. The lowest BCUT2D eigenvalue weighted by Crippen LogP contribution is -2.38. The summed E-state index contributed by atoms with van der Waals surface area (Å²) in [6.45, 7) is 1.86. The number of amides is 3. The van der Waals surface area contributed by atoms with E-state index in [1.807, 2.05) is 19.1 Å². The number of nitrogens with one attached hydrogen (secondary N) is 3. The molecule has 0 aliphatic rings. The van der Waals surface area contributed by atoms with Crippen LogP contribution in [0.2, 0.25) is 5.02 Å². The number of hydrogen-bond donors (Lipinski definition) is 3. The van der Waals surface area contributed by atoms with Crippen LogP contribution in [0.3, 0.4) is 0 Å². The van der Waals surface area contributed by atoms with Gasteiger partial charge in [0.1, 0.15) is 5.69 Å². The van der Waals surface area contributed by atoms with Crippen molar-refractivity contribution in [1.29, 1.82) is 0 Å². The van der Waals surface area contributed by atoms with Gasteiger partial charge in [-0.25, -0.2) is 4.68 Å². The number of aryl methyl sites for hydroxylation is 1. The number of aromatic nitrogens is 1. The number of likely N-dealkylation sites (N-methyl/N-ethyl adjacent to an activating group) is 1. The lowest BCUT2D eigenvalue weighted by atomic mass is 10.2. The predicted molar refractivity (Wildman–Crippen MR) is 112 cm³/mol. The summed E-state index contributed by atoms with van der Waals surface area (Å²) in [7, 11) is 1.35. The van der Waals surface area contributed by atoms with Gasteiger partial charge in [-0.3, -0.25) is 19.8 Å². The lowest BCUT2D eigenvalue weighted by Gasteiger charge is -2.13. The first-order chi connectivity index (χ1) is 13.3. The molecule has 7 nitrogen and oxygen atoms in total. The first-order valence-electron chi connectivity index (χ1n) is 8.21. The molecular weight excluding hydrogens is 448 g/mol. The Balaban J connectivity index is 2.03. The van der Waals surface area contributed by atoms with Gasteiger partial charge in [-0.2, -0.15) is 0 Å². The van der Waals surface area contributed by atoms with Gasteiger partial charge in [0, 0.05) is 27.6 Å². The van der Waals surface area contributed by atoms with Gasteiger partial charge in [-0.15, -0.1) is 0 Å². The van der Waals surface area contributed by atoms with E-state index in [9.17, 15) is 14.4 Å². The normalized spacial score (nSPS) is 10.6. The van der Waals surface area contributed by atoms with E-state index in [-0.39, 0.29) is 5.69 Å². The molecule has 0 saturated carbocycles. The second-order valence-electron chi connectivity index (χ2n) is 6.00. The summed E-state index contributed by atoms with van der Waals surface area (Å²) < 4.78 is 2.16. The highest BCUT2D eigenvalue weighted by Gasteiger charge is 2.20. The summed E-state index contributed by atoms with van der Waals surface area (Å²) in [4.78, 5) is 36.6. The molecule has 0 atom stereocenters. The van der Waals surface area contributed by atoms with Crippen LogP contribution in [0, 0.1) is 6.92 Å². The highest BCUT2D eigenvalue weighted by Crippen LogP contribution is 2.25. The fourth-order valence-corrected chi connectivity index (χ4v) is 3.35. The number of nitrogens with zero attached hydrogens (tertiary/aromatic N) is 1. The fourth-order valence-electron chi connectivity index (χ4n) is 2.69. The predicted octanol–water partition coefficient (Wildman–Crippen LogP) is 3.43. The van der Waals surface area contributed by atoms with Crippen molar-refractivity contribution in [3.05, 3.63) is 63.2 Å². The highest BCUT2D eigenvalue weighted by atomic mass is 79.9. The molecule has 1 heterocycles. The molecule has 2 aromatic carbocycles. The SMILES string of the molecule is CNC(=O)C(=O)Nn1c(C(=O)Nc2ccc(Br)cc2C)cc2cc(Cl)ccc21. The molecule has 0 unspecified atom stereocenters. The summed E-state index contributed by atoms with van der Waals surface area (Å²) in [6.07, 6.45) is 0. The Labute approximate surface area is 174 Å². The third-order valence-electron chi connectivity index (χ3n) is 4.08. The molecule has 0 aliphatic carbocycles. The third-order valence-corrected chi connectivity index (χ3v) is 4.81. The van der Waals surface area contributed by atoms with Crippen LogP contribution < -0.4 is 16.1 Å². The second kappa shape index (κ2) is 8.04. The van der Waals surface area contributed by atoms with Crippen LogP contribution in [-0.2, 0) is 9.59 Å². The number of rotatable bonds is 3. The van der Waals surface area contributed by atoms with Gasteiger partial charge in [-0.1, -0.05) is 27.5 Å². The topological polar surface area (TPSA) is 92.2 Å². The molecule has 1 aromatic heterocycles. The maximum absolute atomic E-state index is 12.9. The van der Waals surface area contributed by atoms with Crippen molar-refractivity contribution >= 4 is 61.8 Å². The molecular formula is C19H16BrClN4O3. The van der Waals surface area contributed by atoms with Crippen LogP contribution in [-0.4, -0.2) is 29.4 Å². The Morgan fingerprint density at radius 3 is 2.46 bits per heavy atom. The molecule has 144 valence electrons. The molecule has 3 rings (SSSR count). The van der Waals surface area contributed by atoms with E-state index < -0.39 is 17.7 Å². The number of hydrogen-bond acceptors (Lipinski definition) is 3. The third kappa shape index (κ3) is 4.02. The molecule has 28 heavy (non-hydrogen) atoms. The molecule has 0 radical (unpaired) electrons. The minimum Gasteiger partial charge on any atom is -0.351 e. The number of benzene rings is 2. The van der Waals surface area contributed by atoms with Crippen LogP contribution in [0.15, 0.2) is 46.9 Å². The number of fused-ring (bicyclic) bond motifs is 1. The van der Waals surface area contributed by atoms with E-state index >= 15 is 0 Å². The van der Waals surface area contributed by atoms with Crippen molar-refractivity contribution < 1.29 is 14.4 Å². The zero-order chi connectivity index (χ0) is 20.4. The first-order valence-corrected chi connectivity index (χ1v) is 9.39. The summed E-state index contributed by atoms with van der Waals surface area (Å²) >= 11 is 9.42. The summed E-state index contributed by atoms with van der Waals surface area (Å²) in [5, 5.41) is 6.19. The van der Waals surface area contributed by atoms with Gasteiger partial charge in [-0.05, 0) is 55.0 Å². The summed E-state index contributed by atoms with van der Waals surface area (Å²) in [5.74, 6) is -2.18. The molecule has 0 bridgehead atoms. The van der Waals surface area contributed by atoms with Crippen molar-refractivity contribution in [1.82, 2.24) is 9.99 Å². The van der Waals surface area contributed by atoms with Crippen LogP contribution in [0.25, 0.3) is 10.9 Å². The Bertz CT molecular complexity index is 1110.